The molecule has 3 nitrogen and oxygen atoms in total. The van der Waals surface area contributed by atoms with Crippen LogP contribution in [0.2, 0.25) is 5.02 Å². The van der Waals surface area contributed by atoms with Gasteiger partial charge in [0.25, 0.3) is 5.91 Å². The molecule has 0 atom stereocenters. The molecule has 0 aromatic heterocycles. The summed E-state index contributed by atoms with van der Waals surface area (Å²) in [6.45, 7) is 4.74. The number of rotatable bonds is 3. The van der Waals surface area contributed by atoms with Gasteiger partial charge in [-0.15, -0.1) is 0 Å². The average Bonchev–Trinajstić information content (AvgIpc) is 2.50. The van der Waals surface area contributed by atoms with Crippen molar-refractivity contribution < 1.29 is 4.79 Å². The fourth-order valence-electron chi connectivity index (χ4n) is 3.83. The second-order valence-electron chi connectivity index (χ2n) is 7.36. The lowest BCUT2D eigenvalue weighted by atomic mass is 9.90. The second-order valence-corrected chi connectivity index (χ2v) is 7.76. The highest BCUT2D eigenvalue weighted by atomic mass is 35.5. The largest absolute Gasteiger partial charge is 0.271 e. The summed E-state index contributed by atoms with van der Waals surface area (Å²) in [5.41, 5.74) is 0.659. The molecule has 126 valence electrons. The first kappa shape index (κ1) is 16.8. The van der Waals surface area contributed by atoms with Gasteiger partial charge in [0.1, 0.15) is 5.54 Å². The lowest BCUT2D eigenvalue weighted by Gasteiger charge is -2.58. The summed E-state index contributed by atoms with van der Waals surface area (Å²) in [5.74, 6) is 0.259. The van der Waals surface area contributed by atoms with E-state index in [0.717, 1.165) is 23.4 Å². The molecule has 1 heterocycles. The van der Waals surface area contributed by atoms with Crippen molar-refractivity contribution in [2.75, 3.05) is 0 Å². The van der Waals surface area contributed by atoms with Crippen LogP contribution in [0.5, 0.6) is 0 Å². The Balaban J connectivity index is 1.78. The molecule has 1 aliphatic carbocycles. The lowest BCUT2D eigenvalue weighted by Crippen LogP contribution is -2.76. The normalized spacial score (nSPS) is 23.3. The third-order valence-corrected chi connectivity index (χ3v) is 5.70. The number of carbonyl (C=O) groups excluding carboxylic acids is 1. The van der Waals surface area contributed by atoms with Crippen molar-refractivity contribution in [1.29, 1.82) is 0 Å². The fourth-order valence-corrected chi connectivity index (χ4v) is 4.02. The molecular formula is C19H27ClN2O. The van der Waals surface area contributed by atoms with E-state index in [1.54, 1.807) is 0 Å². The van der Waals surface area contributed by atoms with E-state index in [0.29, 0.717) is 12.6 Å². The van der Waals surface area contributed by atoms with Crippen molar-refractivity contribution in [2.24, 2.45) is 0 Å². The zero-order valence-electron chi connectivity index (χ0n) is 14.2. The summed E-state index contributed by atoms with van der Waals surface area (Å²) in [6.07, 6.45) is 8.65. The van der Waals surface area contributed by atoms with Crippen LogP contribution in [0.15, 0.2) is 24.3 Å². The van der Waals surface area contributed by atoms with E-state index in [-0.39, 0.29) is 5.91 Å². The van der Waals surface area contributed by atoms with Gasteiger partial charge in [0.15, 0.2) is 0 Å². The molecule has 1 saturated heterocycles. The topological polar surface area (TPSA) is 23.6 Å². The molecule has 23 heavy (non-hydrogen) atoms. The maximum atomic E-state index is 12.7. The molecule has 1 aromatic rings. The van der Waals surface area contributed by atoms with E-state index >= 15 is 0 Å². The highest BCUT2D eigenvalue weighted by molar-refractivity contribution is 6.31. The predicted octanol–water partition coefficient (Wildman–Crippen LogP) is 4.79. The van der Waals surface area contributed by atoms with Gasteiger partial charge < -0.3 is 0 Å². The van der Waals surface area contributed by atoms with E-state index in [9.17, 15) is 4.79 Å². The van der Waals surface area contributed by atoms with Crippen LogP contribution in [0.3, 0.4) is 0 Å². The minimum atomic E-state index is -0.429. The zero-order chi connectivity index (χ0) is 16.4. The van der Waals surface area contributed by atoms with Crippen molar-refractivity contribution in [3.63, 3.8) is 0 Å². The number of benzene rings is 1. The minimum Gasteiger partial charge on any atom is -0.271 e. The Morgan fingerprint density at radius 2 is 1.70 bits per heavy atom. The highest BCUT2D eigenvalue weighted by Gasteiger charge is 2.54. The van der Waals surface area contributed by atoms with Crippen LogP contribution in [0.1, 0.15) is 64.4 Å². The average molecular weight is 335 g/mol. The molecular weight excluding hydrogens is 308 g/mol. The maximum Gasteiger partial charge on any atom is 0.258 e. The van der Waals surface area contributed by atoms with Crippen LogP contribution < -0.4 is 0 Å². The van der Waals surface area contributed by atoms with Crippen LogP contribution >= 0.6 is 11.6 Å². The van der Waals surface area contributed by atoms with Gasteiger partial charge in [-0.05, 0) is 38.3 Å². The molecule has 0 unspecified atom stereocenters. The lowest BCUT2D eigenvalue weighted by molar-refractivity contribution is -0.230. The van der Waals surface area contributed by atoms with E-state index in [4.69, 9.17) is 11.6 Å². The number of hydrogen-bond acceptors (Lipinski definition) is 2. The van der Waals surface area contributed by atoms with Gasteiger partial charge in [0.2, 0.25) is 0 Å². The van der Waals surface area contributed by atoms with Crippen LogP contribution in [0.25, 0.3) is 0 Å². The van der Waals surface area contributed by atoms with Gasteiger partial charge in [0.05, 0.1) is 0 Å². The van der Waals surface area contributed by atoms with Gasteiger partial charge in [-0.2, -0.15) is 5.01 Å². The second kappa shape index (κ2) is 6.82. The third-order valence-electron chi connectivity index (χ3n) is 5.34. The van der Waals surface area contributed by atoms with Gasteiger partial charge in [-0.25, -0.2) is 0 Å². The van der Waals surface area contributed by atoms with E-state index < -0.39 is 5.54 Å². The Labute approximate surface area is 144 Å². The molecule has 1 aromatic carbocycles. The number of hydrogen-bond donors (Lipinski definition) is 0. The number of amides is 1. The van der Waals surface area contributed by atoms with Crippen molar-refractivity contribution >= 4 is 17.5 Å². The SMILES string of the molecule is CC1(C)C(=O)N(C2CCCCCCC2)N1Cc1ccccc1Cl. The van der Waals surface area contributed by atoms with E-state index in [1.807, 2.05) is 37.1 Å². The molecule has 3 rings (SSSR count). The molecule has 1 aliphatic heterocycles. The Bertz CT molecular complexity index is 564. The molecule has 1 saturated carbocycles. The summed E-state index contributed by atoms with van der Waals surface area (Å²) >= 11 is 6.33. The van der Waals surface area contributed by atoms with E-state index in [1.165, 1.54) is 32.1 Å². The zero-order valence-corrected chi connectivity index (χ0v) is 15.0. The highest BCUT2D eigenvalue weighted by Crippen LogP contribution is 2.38. The minimum absolute atomic E-state index is 0.259. The molecule has 0 radical (unpaired) electrons. The van der Waals surface area contributed by atoms with Crippen molar-refractivity contribution in [3.05, 3.63) is 34.9 Å². The number of carbonyl (C=O) groups is 1. The Hall–Kier alpha value is -1.06. The Kier molecular flexibility index (Phi) is 4.98. The summed E-state index contributed by atoms with van der Waals surface area (Å²) in [4.78, 5) is 12.7. The van der Waals surface area contributed by atoms with Crippen LogP contribution in [-0.2, 0) is 11.3 Å². The number of halogens is 1. The molecule has 2 aliphatic rings. The van der Waals surface area contributed by atoms with Gasteiger partial charge in [-0.1, -0.05) is 61.9 Å². The Morgan fingerprint density at radius 3 is 2.35 bits per heavy atom. The fraction of sp³-hybridized carbons (Fsp3) is 0.632. The first-order valence-electron chi connectivity index (χ1n) is 8.86. The third kappa shape index (κ3) is 3.27. The first-order chi connectivity index (χ1) is 11.0. The van der Waals surface area contributed by atoms with Gasteiger partial charge in [-0.3, -0.25) is 9.80 Å². The van der Waals surface area contributed by atoms with Crippen molar-refractivity contribution in [3.8, 4) is 0 Å². The molecule has 2 fully saturated rings. The smallest absolute Gasteiger partial charge is 0.258 e. The van der Waals surface area contributed by atoms with Crippen LogP contribution in [0, 0.1) is 0 Å². The van der Waals surface area contributed by atoms with Crippen molar-refractivity contribution in [2.45, 2.75) is 76.9 Å². The van der Waals surface area contributed by atoms with Crippen LogP contribution in [-0.4, -0.2) is 27.5 Å². The predicted molar refractivity (Wildman–Crippen MR) is 94.0 cm³/mol. The first-order valence-corrected chi connectivity index (χ1v) is 9.24. The number of hydrazine groups is 1. The quantitative estimate of drug-likeness (QED) is 0.793. The monoisotopic (exact) mass is 334 g/mol. The molecule has 0 spiro atoms. The van der Waals surface area contributed by atoms with E-state index in [2.05, 4.69) is 11.1 Å². The molecule has 0 N–H and O–H groups in total. The van der Waals surface area contributed by atoms with Gasteiger partial charge in [0, 0.05) is 17.6 Å². The Morgan fingerprint density at radius 1 is 1.09 bits per heavy atom. The molecule has 0 bridgehead atoms. The standard InChI is InChI=1S/C19H27ClN2O/c1-19(2)18(23)22(16-11-6-4-3-5-7-12-16)21(19)14-15-10-8-9-13-17(15)20/h8-10,13,16H,3-7,11-12,14H2,1-2H3. The molecule has 4 heteroatoms. The number of nitrogens with zero attached hydrogens (tertiary/aromatic N) is 2. The molecule has 1 amide bonds. The van der Waals surface area contributed by atoms with Gasteiger partial charge >= 0.3 is 0 Å². The van der Waals surface area contributed by atoms with Crippen LogP contribution in [0.4, 0.5) is 0 Å². The van der Waals surface area contributed by atoms with Crippen molar-refractivity contribution in [1.82, 2.24) is 10.0 Å². The summed E-state index contributed by atoms with van der Waals surface area (Å²) in [6, 6.07) is 8.29. The summed E-state index contributed by atoms with van der Waals surface area (Å²) in [5, 5.41) is 5.04. The maximum absolute atomic E-state index is 12.7. The summed E-state index contributed by atoms with van der Waals surface area (Å²) < 4.78 is 0. The summed E-state index contributed by atoms with van der Waals surface area (Å²) in [7, 11) is 0.